The summed E-state index contributed by atoms with van der Waals surface area (Å²) in [5, 5.41) is 2.14. The van der Waals surface area contributed by atoms with Gasteiger partial charge in [0, 0.05) is 24.4 Å². The van der Waals surface area contributed by atoms with Gasteiger partial charge in [-0.3, -0.25) is 0 Å². The van der Waals surface area contributed by atoms with Gasteiger partial charge in [-0.15, -0.1) is 34.0 Å². The van der Waals surface area contributed by atoms with Gasteiger partial charge >= 0.3 is 0 Å². The summed E-state index contributed by atoms with van der Waals surface area (Å²) in [6, 6.07) is 31.3. The predicted molar refractivity (Wildman–Crippen MR) is 136 cm³/mol. The summed E-state index contributed by atoms with van der Waals surface area (Å²) in [5.41, 5.74) is 5.26. The van der Waals surface area contributed by atoms with E-state index in [9.17, 15) is 0 Å². The average Bonchev–Trinajstić information content (AvgIpc) is 3.56. The fourth-order valence-corrected chi connectivity index (χ4v) is 6.57. The third-order valence-electron chi connectivity index (χ3n) is 5.21. The minimum absolute atomic E-state index is 1.15. The van der Waals surface area contributed by atoms with Gasteiger partial charge in [-0.05, 0) is 64.4 Å². The Balaban J connectivity index is 1.35. The third kappa shape index (κ3) is 4.06. The van der Waals surface area contributed by atoms with Gasteiger partial charge in [0.15, 0.2) is 0 Å². The van der Waals surface area contributed by atoms with E-state index in [0.717, 1.165) is 6.42 Å². The molecule has 0 radical (unpaired) electrons. The molecule has 0 aliphatic carbocycles. The Hall–Kier alpha value is -2.46. The van der Waals surface area contributed by atoms with Crippen molar-refractivity contribution in [2.24, 2.45) is 0 Å². The molecule has 5 rings (SSSR count). The lowest BCUT2D eigenvalue weighted by Crippen LogP contribution is -1.83. The van der Waals surface area contributed by atoms with Crippen molar-refractivity contribution in [3.63, 3.8) is 0 Å². The van der Waals surface area contributed by atoms with Crippen molar-refractivity contribution in [1.82, 2.24) is 0 Å². The highest BCUT2D eigenvalue weighted by Crippen LogP contribution is 2.41. The molecule has 2 aromatic carbocycles. The highest BCUT2D eigenvalue weighted by Gasteiger charge is 2.09. The number of aryl methyl sites for hydroxylation is 1. The lowest BCUT2D eigenvalue weighted by Gasteiger charge is -2.05. The first kappa shape index (κ1) is 19.5. The number of hydrogen-bond acceptors (Lipinski definition) is 3. The Morgan fingerprint density at radius 1 is 0.533 bits per heavy atom. The molecule has 0 nitrogen and oxygen atoms in total. The molecule has 0 spiro atoms. The number of rotatable bonds is 6. The summed E-state index contributed by atoms with van der Waals surface area (Å²) in [6.45, 7) is 2.23. The van der Waals surface area contributed by atoms with E-state index in [-0.39, 0.29) is 0 Å². The molecular weight excluding hydrogens is 420 g/mol. The SMILES string of the molecule is CCCc1ccc(-c2ccc(-c3ccc(-c4ccc(-c5cccs5)s4)s3)cc2)cc1. The quantitative estimate of drug-likeness (QED) is 0.245. The van der Waals surface area contributed by atoms with E-state index >= 15 is 0 Å². The van der Waals surface area contributed by atoms with Gasteiger partial charge in [-0.1, -0.05) is 67.9 Å². The van der Waals surface area contributed by atoms with E-state index in [4.69, 9.17) is 0 Å². The van der Waals surface area contributed by atoms with Crippen LogP contribution in [0.1, 0.15) is 18.9 Å². The molecule has 0 amide bonds. The smallest absolute Gasteiger partial charge is 0.0449 e. The first-order chi connectivity index (χ1) is 14.8. The lowest BCUT2D eigenvalue weighted by molar-refractivity contribution is 0.922. The minimum Gasteiger partial charge on any atom is -0.143 e. The fourth-order valence-electron chi connectivity index (χ4n) is 3.63. The third-order valence-corrected chi connectivity index (χ3v) is 8.70. The molecule has 30 heavy (non-hydrogen) atoms. The van der Waals surface area contributed by atoms with Crippen molar-refractivity contribution in [3.8, 4) is 41.1 Å². The topological polar surface area (TPSA) is 0 Å². The Bertz CT molecular complexity index is 1220. The standard InChI is InChI=1S/C27H22S3/c1-2-4-19-6-8-20(9-7-19)21-10-12-22(13-11-21)23-14-15-26(29-23)27-17-16-25(30-27)24-5-3-18-28-24/h3,5-18H,2,4H2,1H3. The molecule has 0 bridgehead atoms. The van der Waals surface area contributed by atoms with Crippen LogP contribution in [0.4, 0.5) is 0 Å². The first-order valence-electron chi connectivity index (χ1n) is 10.2. The summed E-state index contributed by atoms with van der Waals surface area (Å²) in [5.74, 6) is 0. The van der Waals surface area contributed by atoms with Crippen molar-refractivity contribution in [1.29, 1.82) is 0 Å². The monoisotopic (exact) mass is 442 g/mol. The van der Waals surface area contributed by atoms with E-state index < -0.39 is 0 Å². The Labute approximate surface area is 190 Å². The molecule has 0 saturated heterocycles. The van der Waals surface area contributed by atoms with Gasteiger partial charge in [0.25, 0.3) is 0 Å². The van der Waals surface area contributed by atoms with Crippen LogP contribution in [0.25, 0.3) is 41.1 Å². The molecule has 0 atom stereocenters. The van der Waals surface area contributed by atoms with Crippen molar-refractivity contribution < 1.29 is 0 Å². The predicted octanol–water partition coefficient (Wildman–Crippen LogP) is 9.49. The highest BCUT2D eigenvalue weighted by atomic mass is 32.1. The molecule has 0 saturated carbocycles. The van der Waals surface area contributed by atoms with Gasteiger partial charge in [0.1, 0.15) is 0 Å². The minimum atomic E-state index is 1.15. The molecule has 0 aliphatic rings. The molecule has 3 heterocycles. The van der Waals surface area contributed by atoms with E-state index in [1.165, 1.54) is 53.1 Å². The van der Waals surface area contributed by atoms with Crippen LogP contribution in [-0.4, -0.2) is 0 Å². The highest BCUT2D eigenvalue weighted by molar-refractivity contribution is 7.27. The van der Waals surface area contributed by atoms with Crippen molar-refractivity contribution in [2.75, 3.05) is 0 Å². The van der Waals surface area contributed by atoms with Crippen LogP contribution in [0, 0.1) is 0 Å². The van der Waals surface area contributed by atoms with E-state index in [1.54, 1.807) is 11.3 Å². The zero-order valence-electron chi connectivity index (χ0n) is 16.8. The molecule has 0 fully saturated rings. The van der Waals surface area contributed by atoms with Gasteiger partial charge in [0.05, 0.1) is 0 Å². The average molecular weight is 443 g/mol. The second-order valence-electron chi connectivity index (χ2n) is 7.33. The lowest BCUT2D eigenvalue weighted by atomic mass is 10.0. The Morgan fingerprint density at radius 2 is 1.07 bits per heavy atom. The van der Waals surface area contributed by atoms with Crippen molar-refractivity contribution in [2.45, 2.75) is 19.8 Å². The van der Waals surface area contributed by atoms with Crippen LogP contribution in [0.3, 0.4) is 0 Å². The summed E-state index contributed by atoms with van der Waals surface area (Å²) < 4.78 is 0. The van der Waals surface area contributed by atoms with Gasteiger partial charge < -0.3 is 0 Å². The van der Waals surface area contributed by atoms with Gasteiger partial charge in [0.2, 0.25) is 0 Å². The number of thiophene rings is 3. The molecule has 148 valence electrons. The van der Waals surface area contributed by atoms with Crippen LogP contribution >= 0.6 is 34.0 Å². The van der Waals surface area contributed by atoms with E-state index in [1.807, 2.05) is 22.7 Å². The molecule has 0 N–H and O–H groups in total. The summed E-state index contributed by atoms with van der Waals surface area (Å²) in [7, 11) is 0. The second-order valence-corrected chi connectivity index (χ2v) is 10.4. The van der Waals surface area contributed by atoms with Crippen molar-refractivity contribution >= 4 is 34.0 Å². The Kier molecular flexibility index (Phi) is 5.67. The maximum Gasteiger partial charge on any atom is 0.0449 e. The molecule has 5 aromatic rings. The van der Waals surface area contributed by atoms with Gasteiger partial charge in [-0.25, -0.2) is 0 Å². The summed E-state index contributed by atoms with van der Waals surface area (Å²) in [4.78, 5) is 6.71. The van der Waals surface area contributed by atoms with E-state index in [2.05, 4.69) is 97.2 Å². The van der Waals surface area contributed by atoms with Crippen LogP contribution in [0.5, 0.6) is 0 Å². The Morgan fingerprint density at radius 3 is 1.67 bits per heavy atom. The fraction of sp³-hybridized carbons (Fsp3) is 0.111. The van der Waals surface area contributed by atoms with Crippen LogP contribution in [0.15, 0.2) is 90.3 Å². The molecule has 3 aromatic heterocycles. The normalized spacial score (nSPS) is 11.1. The van der Waals surface area contributed by atoms with Crippen LogP contribution in [0.2, 0.25) is 0 Å². The first-order valence-corrected chi connectivity index (χ1v) is 12.7. The van der Waals surface area contributed by atoms with Crippen LogP contribution < -0.4 is 0 Å². The molecule has 0 unspecified atom stereocenters. The summed E-state index contributed by atoms with van der Waals surface area (Å²) in [6.07, 6.45) is 2.34. The largest absolute Gasteiger partial charge is 0.143 e. The van der Waals surface area contributed by atoms with Gasteiger partial charge in [-0.2, -0.15) is 0 Å². The zero-order chi connectivity index (χ0) is 20.3. The zero-order valence-corrected chi connectivity index (χ0v) is 19.2. The van der Waals surface area contributed by atoms with Crippen molar-refractivity contribution in [3.05, 3.63) is 95.9 Å². The maximum absolute atomic E-state index is 2.25. The number of hydrogen-bond donors (Lipinski definition) is 0. The molecule has 0 aliphatic heterocycles. The summed E-state index contributed by atoms with van der Waals surface area (Å²) >= 11 is 5.55. The molecule has 3 heteroatoms. The second kappa shape index (κ2) is 8.73. The van der Waals surface area contributed by atoms with E-state index in [0.29, 0.717) is 0 Å². The van der Waals surface area contributed by atoms with Crippen LogP contribution in [-0.2, 0) is 6.42 Å². The maximum atomic E-state index is 2.25. The molecular formula is C27H22S3. The number of benzene rings is 2.